The molecule has 5 N–H and O–H groups in total. The summed E-state index contributed by atoms with van der Waals surface area (Å²) in [5, 5.41) is 34.7. The van der Waals surface area contributed by atoms with Crippen LogP contribution in [-0.4, -0.2) is 87.0 Å². The maximum atomic E-state index is 13.2. The fraction of sp³-hybridized carbons (Fsp3) is 0.318. The zero-order valence-corrected chi connectivity index (χ0v) is 22.5. The third-order valence-corrected chi connectivity index (χ3v) is 8.05. The number of aromatic nitrogens is 5. The molecule has 0 spiro atoms. The predicted octanol–water partition coefficient (Wildman–Crippen LogP) is -0.922. The summed E-state index contributed by atoms with van der Waals surface area (Å²) >= 11 is 2.31. The number of amides is 2. The molecule has 0 aliphatic carbocycles. The van der Waals surface area contributed by atoms with Gasteiger partial charge >= 0.3 is 11.9 Å². The lowest BCUT2D eigenvalue weighted by molar-refractivity contribution is -0.746. The van der Waals surface area contributed by atoms with Crippen molar-refractivity contribution >= 4 is 63.2 Å². The molecule has 5 rings (SSSR count). The van der Waals surface area contributed by atoms with Crippen LogP contribution in [0.1, 0.15) is 19.5 Å². The van der Waals surface area contributed by atoms with E-state index in [0.29, 0.717) is 5.57 Å². The first kappa shape index (κ1) is 27.0. The number of fused-ring (bicyclic) bond motifs is 2. The van der Waals surface area contributed by atoms with Gasteiger partial charge in [-0.3, -0.25) is 14.5 Å². The number of oxime groups is 1. The van der Waals surface area contributed by atoms with Crippen molar-refractivity contribution in [2.45, 2.75) is 37.4 Å². The Hall–Kier alpha value is -4.58. The number of β-lactam (4-membered cyclic amide) rings is 1. The Morgan fingerprint density at radius 3 is 2.80 bits per heavy atom. The summed E-state index contributed by atoms with van der Waals surface area (Å²) in [5.41, 5.74) is 4.61. The predicted molar refractivity (Wildman–Crippen MR) is 139 cm³/mol. The van der Waals surface area contributed by atoms with Gasteiger partial charge in [-0.15, -0.1) is 23.1 Å². The van der Waals surface area contributed by atoms with Gasteiger partial charge in [0.2, 0.25) is 11.8 Å². The second kappa shape index (κ2) is 10.2. The van der Waals surface area contributed by atoms with Crippen LogP contribution >= 0.6 is 23.1 Å². The van der Waals surface area contributed by atoms with E-state index in [4.69, 9.17) is 10.6 Å². The van der Waals surface area contributed by atoms with Crippen LogP contribution in [0.25, 0.3) is 5.52 Å². The van der Waals surface area contributed by atoms with Crippen molar-refractivity contribution < 1.29 is 38.9 Å². The number of carboxylic acids is 2. The minimum absolute atomic E-state index is 0.0224. The van der Waals surface area contributed by atoms with Crippen LogP contribution in [0.2, 0.25) is 0 Å². The number of thioether (sulfide) groups is 1. The molecule has 0 bridgehead atoms. The average molecular weight is 589 g/mol. The van der Waals surface area contributed by atoms with Crippen molar-refractivity contribution in [2.75, 3.05) is 11.5 Å². The summed E-state index contributed by atoms with van der Waals surface area (Å²) in [6, 6.07) is 0.698. The smallest absolute Gasteiger partial charge is 0.352 e. The standard InChI is InChI=1S/C22H21N9O7S2/c1-22(2,20(36)37)38-28-13(12-8-40-21(23)26-12)16(32)27-14-17(33)31-15(19(34)35)10(7-39-18(14)31)5-29-6-11-3-4-24-30(11)9-25-29/h3-4,6,8-9,14,18H,5,7H2,1-2H3,(H4-,23,26,27,32,34,35,36,37)/p+1/b28-13-. The van der Waals surface area contributed by atoms with Gasteiger partial charge < -0.3 is 26.1 Å². The van der Waals surface area contributed by atoms with Crippen molar-refractivity contribution in [3.8, 4) is 0 Å². The van der Waals surface area contributed by atoms with Gasteiger partial charge in [0.1, 0.15) is 28.3 Å². The van der Waals surface area contributed by atoms with E-state index in [9.17, 15) is 29.4 Å². The largest absolute Gasteiger partial charge is 0.478 e. The number of rotatable bonds is 9. The molecule has 0 saturated carbocycles. The number of carboxylic acid groups (broad SMARTS) is 2. The lowest BCUT2D eigenvalue weighted by Gasteiger charge is -2.49. The average Bonchev–Trinajstić information content (AvgIpc) is 3.55. The van der Waals surface area contributed by atoms with E-state index in [1.165, 1.54) is 37.3 Å². The monoisotopic (exact) mass is 588 g/mol. The summed E-state index contributed by atoms with van der Waals surface area (Å²) in [4.78, 5) is 60.2. The Balaban J connectivity index is 1.36. The highest BCUT2D eigenvalue weighted by Gasteiger charge is 2.55. The molecule has 0 aromatic carbocycles. The van der Waals surface area contributed by atoms with Gasteiger partial charge in [-0.1, -0.05) is 9.84 Å². The van der Waals surface area contributed by atoms with Gasteiger partial charge in [0.25, 0.3) is 11.8 Å². The Bertz CT molecular complexity index is 1610. The fourth-order valence-electron chi connectivity index (χ4n) is 3.92. The highest BCUT2D eigenvalue weighted by atomic mass is 32.2. The maximum Gasteiger partial charge on any atom is 0.352 e. The van der Waals surface area contributed by atoms with Crippen LogP contribution in [0.5, 0.6) is 0 Å². The number of thiazole rings is 1. The first-order valence-corrected chi connectivity index (χ1v) is 13.5. The molecule has 0 radical (unpaired) electrons. The van der Waals surface area contributed by atoms with Crippen LogP contribution in [0.4, 0.5) is 5.13 Å². The second-order valence-corrected chi connectivity index (χ2v) is 11.2. The number of anilines is 1. The fourth-order valence-corrected chi connectivity index (χ4v) is 5.80. The van der Waals surface area contributed by atoms with E-state index in [0.717, 1.165) is 21.8 Å². The topological polar surface area (TPSA) is 219 Å². The van der Waals surface area contributed by atoms with Crippen molar-refractivity contribution in [3.63, 3.8) is 0 Å². The molecule has 2 atom stereocenters. The van der Waals surface area contributed by atoms with Crippen LogP contribution < -0.4 is 15.7 Å². The number of nitrogens with two attached hydrogens (primary N) is 1. The highest BCUT2D eigenvalue weighted by molar-refractivity contribution is 8.00. The maximum absolute atomic E-state index is 13.2. The number of hydrogen-bond acceptors (Lipinski definition) is 12. The number of aliphatic carboxylic acids is 2. The van der Waals surface area contributed by atoms with E-state index in [1.807, 2.05) is 0 Å². The number of carbonyl (C=O) groups excluding carboxylic acids is 2. The Labute approximate surface area is 233 Å². The van der Waals surface area contributed by atoms with Crippen molar-refractivity contribution in [3.05, 3.63) is 47.1 Å². The quantitative estimate of drug-likeness (QED) is 0.103. The second-order valence-electron chi connectivity index (χ2n) is 9.19. The molecule has 2 aliphatic rings. The lowest BCUT2D eigenvalue weighted by Crippen LogP contribution is -2.71. The first-order chi connectivity index (χ1) is 19.0. The molecular weight excluding hydrogens is 566 g/mol. The Kier molecular flexibility index (Phi) is 6.88. The van der Waals surface area contributed by atoms with Crippen LogP contribution in [0.15, 0.2) is 46.6 Å². The third kappa shape index (κ3) is 4.93. The number of nitrogen functional groups attached to an aromatic ring is 1. The van der Waals surface area contributed by atoms with Crippen LogP contribution in [-0.2, 0) is 30.6 Å². The van der Waals surface area contributed by atoms with Gasteiger partial charge in [-0.2, -0.15) is 5.10 Å². The Morgan fingerprint density at radius 2 is 2.12 bits per heavy atom. The molecule has 40 heavy (non-hydrogen) atoms. The molecule has 1 saturated heterocycles. The van der Waals surface area contributed by atoms with Crippen molar-refractivity contribution in [1.82, 2.24) is 29.9 Å². The molecule has 5 heterocycles. The SMILES string of the molecule is CC(C)(O/N=C(\C(=O)NC1C(=O)N2C(C(=O)O)=C(C[n+]3cc4ccnn4cn3)CSC12)c1csc(N)n1)C(=O)O. The van der Waals surface area contributed by atoms with Crippen LogP contribution in [0, 0.1) is 0 Å². The van der Waals surface area contributed by atoms with Gasteiger partial charge in [0, 0.05) is 21.8 Å². The molecular formula is C22H22N9O7S2+. The number of nitrogens with one attached hydrogen (secondary N) is 1. The molecule has 3 aromatic heterocycles. The van der Waals surface area contributed by atoms with Gasteiger partial charge in [-0.05, 0) is 19.9 Å². The number of carbonyl (C=O) groups is 4. The number of nitrogens with zero attached hydrogens (tertiary/aromatic N) is 7. The molecule has 1 fully saturated rings. The summed E-state index contributed by atoms with van der Waals surface area (Å²) in [6.45, 7) is 2.62. The van der Waals surface area contributed by atoms with E-state index in [1.54, 1.807) is 27.7 Å². The highest BCUT2D eigenvalue weighted by Crippen LogP contribution is 2.40. The molecule has 18 heteroatoms. The molecule has 2 unspecified atom stereocenters. The van der Waals surface area contributed by atoms with E-state index >= 15 is 0 Å². The molecule has 3 aromatic rings. The van der Waals surface area contributed by atoms with Crippen molar-refractivity contribution in [2.24, 2.45) is 5.16 Å². The molecule has 2 amide bonds. The van der Waals surface area contributed by atoms with Gasteiger partial charge in [0.15, 0.2) is 23.7 Å². The van der Waals surface area contributed by atoms with Gasteiger partial charge in [-0.25, -0.2) is 19.1 Å². The summed E-state index contributed by atoms with van der Waals surface area (Å²) < 4.78 is 3.12. The minimum Gasteiger partial charge on any atom is -0.478 e. The van der Waals surface area contributed by atoms with Crippen molar-refractivity contribution in [1.29, 1.82) is 0 Å². The lowest BCUT2D eigenvalue weighted by atomic mass is 10.0. The molecule has 208 valence electrons. The van der Waals surface area contributed by atoms with E-state index < -0.39 is 40.8 Å². The third-order valence-electron chi connectivity index (χ3n) is 6.04. The zero-order valence-electron chi connectivity index (χ0n) is 20.9. The zero-order chi connectivity index (χ0) is 28.8. The summed E-state index contributed by atoms with van der Waals surface area (Å²) in [6.07, 6.45) is 4.80. The van der Waals surface area contributed by atoms with Crippen LogP contribution in [0.3, 0.4) is 0 Å². The Morgan fingerprint density at radius 1 is 1.35 bits per heavy atom. The normalized spacial score (nSPS) is 19.3. The van der Waals surface area contributed by atoms with E-state index in [-0.39, 0.29) is 34.5 Å². The van der Waals surface area contributed by atoms with Gasteiger partial charge in [0.05, 0.1) is 6.20 Å². The first-order valence-electron chi connectivity index (χ1n) is 11.6. The van der Waals surface area contributed by atoms with E-state index in [2.05, 4.69) is 25.7 Å². The number of hydrogen-bond donors (Lipinski definition) is 4. The molecule has 16 nitrogen and oxygen atoms in total. The minimum atomic E-state index is -1.76. The summed E-state index contributed by atoms with van der Waals surface area (Å²) in [5.74, 6) is -3.84. The summed E-state index contributed by atoms with van der Waals surface area (Å²) in [7, 11) is 0. The molecule has 2 aliphatic heterocycles.